The van der Waals surface area contributed by atoms with Gasteiger partial charge in [0.25, 0.3) is 0 Å². The van der Waals surface area contributed by atoms with Gasteiger partial charge in [-0.05, 0) is 52.0 Å². The van der Waals surface area contributed by atoms with Gasteiger partial charge in [0, 0.05) is 0 Å². The average Bonchev–Trinajstić information content (AvgIpc) is 3.04. The van der Waals surface area contributed by atoms with Gasteiger partial charge in [-0.15, -0.1) is 0 Å². The van der Waals surface area contributed by atoms with Crippen LogP contribution in [0.25, 0.3) is 0 Å². The molecule has 0 saturated heterocycles. The molecule has 0 bridgehead atoms. The lowest BCUT2D eigenvalue weighted by atomic mass is 10.2. The monoisotopic (exact) mass is 428 g/mol. The summed E-state index contributed by atoms with van der Waals surface area (Å²) in [5, 5.41) is 0. The number of rotatable bonds is 6. The molecular weight excluding hydrogens is 396 g/mol. The Morgan fingerprint density at radius 3 is 1.93 bits per heavy atom. The zero-order valence-electron chi connectivity index (χ0n) is 17.4. The van der Waals surface area contributed by atoms with Crippen molar-refractivity contribution in [3.05, 3.63) is 48.5 Å². The number of ether oxygens (including phenoxy) is 2. The molecule has 1 aliphatic rings. The lowest BCUT2D eigenvalue weighted by Gasteiger charge is -2.15. The van der Waals surface area contributed by atoms with Crippen LogP contribution in [0.1, 0.15) is 27.7 Å². The Morgan fingerprint density at radius 2 is 1.31 bits per heavy atom. The maximum atomic E-state index is 5.97. The predicted octanol–water partition coefficient (Wildman–Crippen LogP) is -1.02. The molecule has 1 heterocycles. The quantitative estimate of drug-likeness (QED) is 0.548. The van der Waals surface area contributed by atoms with Crippen molar-refractivity contribution in [2.75, 3.05) is 18.0 Å². The summed E-state index contributed by atoms with van der Waals surface area (Å²) in [6.45, 7) is 10.0. The summed E-state index contributed by atoms with van der Waals surface area (Å²) in [6.07, 6.45) is 2.45. The van der Waals surface area contributed by atoms with E-state index in [1.165, 1.54) is 0 Å². The van der Waals surface area contributed by atoms with Crippen LogP contribution in [0.5, 0.6) is 11.5 Å². The molecule has 2 aromatic carbocycles. The van der Waals surface area contributed by atoms with Gasteiger partial charge in [-0.1, -0.05) is 24.3 Å². The van der Waals surface area contributed by atoms with E-state index in [1.807, 2.05) is 24.3 Å². The van der Waals surface area contributed by atoms with Crippen molar-refractivity contribution < 1.29 is 42.9 Å². The molecule has 164 valence electrons. The summed E-state index contributed by atoms with van der Waals surface area (Å²) >= 11 is 0. The number of nitrogens with zero attached hydrogens (tertiary/aromatic N) is 2. The molecule has 0 aliphatic carbocycles. The van der Waals surface area contributed by atoms with Crippen molar-refractivity contribution in [2.24, 2.45) is 0 Å². The molecule has 0 radical (unpaired) electrons. The second kappa shape index (κ2) is 13.0. The number of para-hydroxylation sites is 4. The first-order valence-electron chi connectivity index (χ1n) is 8.94. The summed E-state index contributed by atoms with van der Waals surface area (Å²) < 4.78 is 14.2. The highest BCUT2D eigenvalue weighted by atomic mass is 35.5. The Morgan fingerprint density at radius 1 is 0.793 bits per heavy atom. The zero-order valence-corrected chi connectivity index (χ0v) is 18.1. The van der Waals surface area contributed by atoms with Crippen molar-refractivity contribution in [3.8, 4) is 11.5 Å². The van der Waals surface area contributed by atoms with Gasteiger partial charge in [0.1, 0.15) is 13.1 Å². The van der Waals surface area contributed by atoms with E-state index in [2.05, 4.69) is 67.8 Å². The number of halogens is 1. The summed E-state index contributed by atoms with van der Waals surface area (Å²) in [7, 11) is 0. The third-order valence-electron chi connectivity index (χ3n) is 3.94. The van der Waals surface area contributed by atoms with Gasteiger partial charge in [-0.3, -0.25) is 0 Å². The molecule has 29 heavy (non-hydrogen) atoms. The molecule has 0 aromatic heterocycles. The molecule has 2 aromatic rings. The normalized spacial score (nSPS) is 12.2. The molecular formula is C21H33ClN2O5. The van der Waals surface area contributed by atoms with Gasteiger partial charge in [-0.25, -0.2) is 9.48 Å². The van der Waals surface area contributed by atoms with Crippen molar-refractivity contribution in [2.45, 2.75) is 39.9 Å². The molecule has 0 unspecified atom stereocenters. The van der Waals surface area contributed by atoms with E-state index < -0.39 is 0 Å². The molecule has 0 spiro atoms. The molecule has 3 rings (SSSR count). The van der Waals surface area contributed by atoms with Gasteiger partial charge >= 0.3 is 0 Å². The summed E-state index contributed by atoms with van der Waals surface area (Å²) in [4.78, 5) is 2.24. The molecule has 6 N–H and O–H groups in total. The molecule has 0 atom stereocenters. The van der Waals surface area contributed by atoms with Gasteiger partial charge in [-0.2, -0.15) is 0 Å². The molecule has 8 heteroatoms. The molecule has 7 nitrogen and oxygen atoms in total. The Bertz CT molecular complexity index is 768. The van der Waals surface area contributed by atoms with E-state index in [0.29, 0.717) is 0 Å². The summed E-state index contributed by atoms with van der Waals surface area (Å²) in [5.74, 6) is 1.84. The van der Waals surface area contributed by atoms with Crippen LogP contribution in [0.2, 0.25) is 0 Å². The minimum atomic E-state index is 0. The zero-order chi connectivity index (χ0) is 17.8. The third-order valence-corrected chi connectivity index (χ3v) is 3.94. The molecule has 0 amide bonds. The second-order valence-electron chi connectivity index (χ2n) is 6.77. The van der Waals surface area contributed by atoms with Gasteiger partial charge in [0.05, 0.1) is 12.2 Å². The maximum absolute atomic E-state index is 5.97. The van der Waals surface area contributed by atoms with Crippen LogP contribution in [0.3, 0.4) is 0 Å². The fourth-order valence-electron chi connectivity index (χ4n) is 2.96. The highest BCUT2D eigenvalue weighted by Gasteiger charge is 2.27. The maximum Gasteiger partial charge on any atom is 0.245 e. The summed E-state index contributed by atoms with van der Waals surface area (Å²) in [5.41, 5.74) is 2.20. The first kappa shape index (κ1) is 28.9. The average molecular weight is 429 g/mol. The highest BCUT2D eigenvalue weighted by molar-refractivity contribution is 5.81. The highest BCUT2D eigenvalue weighted by Crippen LogP contribution is 2.32. The first-order valence-corrected chi connectivity index (χ1v) is 8.94. The fraction of sp³-hybridized carbons (Fsp3) is 0.381. The predicted molar refractivity (Wildman–Crippen MR) is 113 cm³/mol. The minimum Gasteiger partial charge on any atom is -1.00 e. The van der Waals surface area contributed by atoms with Crippen molar-refractivity contribution in [1.82, 2.24) is 0 Å². The van der Waals surface area contributed by atoms with Crippen LogP contribution < -0.4 is 26.8 Å². The van der Waals surface area contributed by atoms with Crippen molar-refractivity contribution in [1.29, 1.82) is 0 Å². The van der Waals surface area contributed by atoms with Crippen LogP contribution in [0.4, 0.5) is 11.4 Å². The lowest BCUT2D eigenvalue weighted by molar-refractivity contribution is -0.424. The van der Waals surface area contributed by atoms with Crippen LogP contribution in [-0.2, 0) is 0 Å². The lowest BCUT2D eigenvalue weighted by Crippen LogP contribution is -3.00. The summed E-state index contributed by atoms with van der Waals surface area (Å²) in [6, 6.07) is 16.4. The number of hydrogen-bond acceptors (Lipinski definition) is 3. The number of anilines is 1. The molecule has 0 fully saturated rings. The van der Waals surface area contributed by atoms with Crippen LogP contribution in [-0.4, -0.2) is 52.6 Å². The van der Waals surface area contributed by atoms with Gasteiger partial charge < -0.3 is 38.3 Å². The number of benzene rings is 2. The second-order valence-corrected chi connectivity index (χ2v) is 6.77. The van der Waals surface area contributed by atoms with Crippen molar-refractivity contribution >= 4 is 17.7 Å². The van der Waals surface area contributed by atoms with E-state index in [1.54, 1.807) is 0 Å². The van der Waals surface area contributed by atoms with Crippen molar-refractivity contribution in [3.63, 3.8) is 0 Å². The third kappa shape index (κ3) is 7.21. The van der Waals surface area contributed by atoms with E-state index in [0.717, 1.165) is 36.0 Å². The topological polar surface area (TPSA) is 119 Å². The Labute approximate surface area is 178 Å². The number of hydrogen-bond donors (Lipinski definition) is 0. The SMILES string of the molecule is CC(C)Oc1ccccc1N1C=[N+](c2ccccc2OC(C)C)CC1.O.O.O.[Cl-]. The first-order chi connectivity index (χ1) is 12.0. The standard InChI is InChI=1S/C21H27N2O2.ClH.3H2O/c1-16(2)24-20-11-7-5-9-18(20)22-13-14-23(15-22)19-10-6-8-12-21(19)25-17(3)4;;;;/h5-12,15-17H,13-14H2,1-4H3;1H;3*1H2/q+1;;;;/p-1. The van der Waals surface area contributed by atoms with Gasteiger partial charge in [0.2, 0.25) is 6.34 Å². The van der Waals surface area contributed by atoms with Crippen LogP contribution in [0, 0.1) is 0 Å². The molecule has 1 aliphatic heterocycles. The van der Waals surface area contributed by atoms with Crippen LogP contribution >= 0.6 is 0 Å². The fourth-order valence-corrected chi connectivity index (χ4v) is 2.96. The van der Waals surface area contributed by atoms with E-state index in [-0.39, 0.29) is 41.0 Å². The Hall–Kier alpha value is -2.32. The Kier molecular flexibility index (Phi) is 13.0. The minimum absolute atomic E-state index is 0. The van der Waals surface area contributed by atoms with E-state index in [9.17, 15) is 0 Å². The molecule has 0 saturated carbocycles. The van der Waals surface area contributed by atoms with Gasteiger partial charge in [0.15, 0.2) is 22.9 Å². The van der Waals surface area contributed by atoms with Crippen LogP contribution in [0.15, 0.2) is 48.5 Å². The smallest absolute Gasteiger partial charge is 0.245 e. The largest absolute Gasteiger partial charge is 1.00 e. The van der Waals surface area contributed by atoms with E-state index >= 15 is 0 Å². The Balaban J connectivity index is 0. The van der Waals surface area contributed by atoms with E-state index in [4.69, 9.17) is 9.47 Å².